The summed E-state index contributed by atoms with van der Waals surface area (Å²) >= 11 is 4.92. The minimum absolute atomic E-state index is 0.843. The van der Waals surface area contributed by atoms with Gasteiger partial charge in [0, 0.05) is 17.0 Å². The number of hydrogen-bond donors (Lipinski definition) is 0. The molecule has 0 amide bonds. The van der Waals surface area contributed by atoms with E-state index in [-0.39, 0.29) is 0 Å². The highest BCUT2D eigenvalue weighted by Gasteiger charge is 1.93. The first kappa shape index (κ1) is 7.22. The molecule has 0 fully saturated rings. The van der Waals surface area contributed by atoms with Gasteiger partial charge in [0.25, 0.3) is 0 Å². The average molecular weight is 151 g/mol. The minimum atomic E-state index is 0.843. The predicted octanol–water partition coefficient (Wildman–Crippen LogP) is 1.72. The summed E-state index contributed by atoms with van der Waals surface area (Å²) < 4.78 is 2.02. The van der Waals surface area contributed by atoms with Gasteiger partial charge in [0.2, 0.25) is 0 Å². The normalized spacial score (nSPS) is 9.20. The quantitative estimate of drug-likeness (QED) is 0.447. The van der Waals surface area contributed by atoms with Crippen molar-refractivity contribution in [1.29, 1.82) is 0 Å². The van der Waals surface area contributed by atoms with E-state index in [1.807, 2.05) is 35.2 Å². The summed E-state index contributed by atoms with van der Waals surface area (Å²) in [5.41, 5.74) is 0. The maximum absolute atomic E-state index is 4.92. The number of hydrogen-bond acceptors (Lipinski definition) is 0. The lowest BCUT2D eigenvalue weighted by atomic mass is 10.4. The number of rotatable bonds is 2. The summed E-state index contributed by atoms with van der Waals surface area (Å²) in [6.45, 7) is 4.47. The number of pyridine rings is 1. The Morgan fingerprint density at radius 2 is 2.10 bits per heavy atom. The van der Waals surface area contributed by atoms with E-state index >= 15 is 0 Å². The lowest BCUT2D eigenvalue weighted by molar-refractivity contribution is -0.687. The molecule has 1 radical (unpaired) electrons. The van der Waals surface area contributed by atoms with Crippen LogP contribution in [0.2, 0.25) is 0 Å². The summed E-state index contributed by atoms with van der Waals surface area (Å²) in [5.74, 6) is 0. The van der Waals surface area contributed by atoms with Gasteiger partial charge in [-0.1, -0.05) is 19.2 Å². The van der Waals surface area contributed by atoms with Crippen LogP contribution in [0.25, 0.3) is 0 Å². The molecule has 0 aliphatic heterocycles. The fraction of sp³-hybridized carbons (Fsp3) is 0.125. The maximum atomic E-state index is 4.92. The van der Waals surface area contributed by atoms with Crippen molar-refractivity contribution in [2.24, 2.45) is 0 Å². The van der Waals surface area contributed by atoms with Crippen LogP contribution in [0.1, 0.15) is 0 Å². The van der Waals surface area contributed by atoms with Crippen LogP contribution in [0.5, 0.6) is 0 Å². The van der Waals surface area contributed by atoms with Crippen LogP contribution in [-0.2, 0) is 6.54 Å². The third kappa shape index (κ3) is 1.81. The van der Waals surface area contributed by atoms with Crippen LogP contribution in [0, 0.1) is 0 Å². The molecule has 0 spiro atoms. The summed E-state index contributed by atoms with van der Waals surface area (Å²) in [5, 5.41) is 0. The van der Waals surface area contributed by atoms with Gasteiger partial charge in [-0.15, -0.1) is 0 Å². The van der Waals surface area contributed by atoms with Crippen molar-refractivity contribution in [1.82, 2.24) is 0 Å². The number of aromatic nitrogens is 1. The van der Waals surface area contributed by atoms with Gasteiger partial charge in [-0.3, -0.25) is 0 Å². The molecule has 0 aromatic carbocycles. The highest BCUT2D eigenvalue weighted by atomic mass is 32.1. The van der Waals surface area contributed by atoms with E-state index in [1.54, 1.807) is 0 Å². The van der Waals surface area contributed by atoms with E-state index in [2.05, 4.69) is 6.58 Å². The van der Waals surface area contributed by atoms with Crippen molar-refractivity contribution in [2.45, 2.75) is 11.4 Å². The highest BCUT2D eigenvalue weighted by Crippen LogP contribution is 1.98. The molecule has 0 N–H and O–H groups in total. The van der Waals surface area contributed by atoms with Crippen molar-refractivity contribution < 1.29 is 4.57 Å². The van der Waals surface area contributed by atoms with E-state index < -0.39 is 0 Å². The Balaban J connectivity index is 2.78. The molecular weight excluding hydrogens is 142 g/mol. The smallest absolute Gasteiger partial charge is 0.170 e. The van der Waals surface area contributed by atoms with E-state index in [0.29, 0.717) is 0 Å². The fourth-order valence-corrected chi connectivity index (χ4v) is 0.836. The highest BCUT2D eigenvalue weighted by molar-refractivity contribution is 7.80. The van der Waals surface area contributed by atoms with Gasteiger partial charge < -0.3 is 0 Å². The first-order valence-corrected chi connectivity index (χ1v) is 3.51. The summed E-state index contributed by atoms with van der Waals surface area (Å²) in [7, 11) is 0. The monoisotopic (exact) mass is 151 g/mol. The zero-order chi connectivity index (χ0) is 7.40. The fourth-order valence-electron chi connectivity index (χ4n) is 0.714. The van der Waals surface area contributed by atoms with Crippen LogP contribution in [0.15, 0.2) is 42.1 Å². The van der Waals surface area contributed by atoms with Crippen molar-refractivity contribution in [3.8, 4) is 0 Å². The molecule has 0 bridgehead atoms. The second-order valence-electron chi connectivity index (χ2n) is 2.02. The zero-order valence-corrected chi connectivity index (χ0v) is 6.47. The molecule has 1 rings (SSSR count). The standard InChI is InChI=1S/C8H9NS/c1-2-5-9-6-3-8(10)4-7-9/h2-4,6-7H,1,5H2/q+1. The van der Waals surface area contributed by atoms with Crippen LogP contribution < -0.4 is 4.57 Å². The van der Waals surface area contributed by atoms with Gasteiger partial charge in [-0.2, -0.15) is 0 Å². The van der Waals surface area contributed by atoms with Gasteiger partial charge in [0.1, 0.15) is 0 Å². The average Bonchev–Trinajstić information content (AvgIpc) is 1.95. The molecule has 1 nitrogen and oxygen atoms in total. The van der Waals surface area contributed by atoms with Gasteiger partial charge in [-0.25, -0.2) is 4.57 Å². The molecule has 1 aromatic heterocycles. The second-order valence-corrected chi connectivity index (χ2v) is 2.49. The van der Waals surface area contributed by atoms with Crippen LogP contribution in [-0.4, -0.2) is 0 Å². The Bertz CT molecular complexity index is 215. The first-order chi connectivity index (χ1) is 4.83. The Hall–Kier alpha value is -0.890. The Labute approximate surface area is 66.4 Å². The molecule has 0 saturated carbocycles. The van der Waals surface area contributed by atoms with Crippen molar-refractivity contribution >= 4 is 12.6 Å². The van der Waals surface area contributed by atoms with Crippen molar-refractivity contribution in [3.63, 3.8) is 0 Å². The Morgan fingerprint density at radius 3 is 2.60 bits per heavy atom. The van der Waals surface area contributed by atoms with E-state index in [4.69, 9.17) is 12.6 Å². The SMILES string of the molecule is C=CC[n+]1ccc([S])cc1. The molecule has 0 atom stereocenters. The lowest BCUT2D eigenvalue weighted by Crippen LogP contribution is -2.30. The Morgan fingerprint density at radius 1 is 1.50 bits per heavy atom. The van der Waals surface area contributed by atoms with E-state index in [0.717, 1.165) is 11.4 Å². The predicted molar refractivity (Wildman–Crippen MR) is 42.7 cm³/mol. The van der Waals surface area contributed by atoms with Crippen LogP contribution in [0.3, 0.4) is 0 Å². The molecule has 0 saturated heterocycles. The molecule has 0 unspecified atom stereocenters. The molecule has 0 aliphatic rings. The van der Waals surface area contributed by atoms with Gasteiger partial charge in [0.15, 0.2) is 18.9 Å². The molecule has 1 aromatic rings. The third-order valence-electron chi connectivity index (χ3n) is 1.20. The summed E-state index contributed by atoms with van der Waals surface area (Å²) in [6.07, 6.45) is 5.75. The van der Waals surface area contributed by atoms with Crippen molar-refractivity contribution in [2.75, 3.05) is 0 Å². The molecule has 10 heavy (non-hydrogen) atoms. The first-order valence-electron chi connectivity index (χ1n) is 3.10. The van der Waals surface area contributed by atoms with Gasteiger partial charge in [-0.05, 0) is 6.08 Å². The maximum Gasteiger partial charge on any atom is 0.170 e. The molecule has 0 aliphatic carbocycles. The molecule has 2 heteroatoms. The lowest BCUT2D eigenvalue weighted by Gasteiger charge is -1.89. The topological polar surface area (TPSA) is 3.88 Å². The van der Waals surface area contributed by atoms with E-state index in [1.165, 1.54) is 0 Å². The van der Waals surface area contributed by atoms with Crippen LogP contribution in [0.4, 0.5) is 0 Å². The van der Waals surface area contributed by atoms with Gasteiger partial charge >= 0.3 is 0 Å². The number of allylic oxidation sites excluding steroid dienone is 1. The third-order valence-corrected chi connectivity index (χ3v) is 1.47. The summed E-state index contributed by atoms with van der Waals surface area (Å²) in [6, 6.07) is 3.80. The van der Waals surface area contributed by atoms with Crippen LogP contribution >= 0.6 is 12.6 Å². The summed E-state index contributed by atoms with van der Waals surface area (Å²) in [4.78, 5) is 0.875. The number of nitrogens with zero attached hydrogens (tertiary/aromatic N) is 1. The largest absolute Gasteiger partial charge is 0.201 e. The zero-order valence-electron chi connectivity index (χ0n) is 5.66. The second kappa shape index (κ2) is 3.32. The molecule has 1 heterocycles. The van der Waals surface area contributed by atoms with Gasteiger partial charge in [0.05, 0.1) is 0 Å². The molecule has 51 valence electrons. The minimum Gasteiger partial charge on any atom is -0.201 e. The van der Waals surface area contributed by atoms with Crippen molar-refractivity contribution in [3.05, 3.63) is 37.2 Å². The Kier molecular flexibility index (Phi) is 2.40. The molecular formula is C8H9NS+. The van der Waals surface area contributed by atoms with E-state index in [9.17, 15) is 0 Å².